The number of nitrogens with one attached hydrogen (secondary N) is 2. The third-order valence-corrected chi connectivity index (χ3v) is 4.32. The van der Waals surface area contributed by atoms with Gasteiger partial charge in [-0.1, -0.05) is 12.1 Å². The van der Waals surface area contributed by atoms with Crippen molar-refractivity contribution in [3.63, 3.8) is 0 Å². The van der Waals surface area contributed by atoms with E-state index in [9.17, 15) is 9.59 Å². The Morgan fingerprint density at radius 3 is 2.72 bits per heavy atom. The summed E-state index contributed by atoms with van der Waals surface area (Å²) < 4.78 is 0. The molecule has 0 saturated carbocycles. The summed E-state index contributed by atoms with van der Waals surface area (Å²) in [5.41, 5.74) is 7.29. The summed E-state index contributed by atoms with van der Waals surface area (Å²) in [5.74, 6) is -0.376. The zero-order valence-electron chi connectivity index (χ0n) is 14.4. The van der Waals surface area contributed by atoms with Crippen LogP contribution in [0.2, 0.25) is 0 Å². The van der Waals surface area contributed by atoms with E-state index in [4.69, 9.17) is 5.73 Å². The van der Waals surface area contributed by atoms with E-state index in [0.717, 1.165) is 17.1 Å². The summed E-state index contributed by atoms with van der Waals surface area (Å²) in [6.45, 7) is 2.01. The minimum absolute atomic E-state index is 0.123. The van der Waals surface area contributed by atoms with Gasteiger partial charge in [0.1, 0.15) is 10.7 Å². The lowest BCUT2D eigenvalue weighted by atomic mass is 10.1. The van der Waals surface area contributed by atoms with Crippen molar-refractivity contribution in [3.8, 4) is 0 Å². The van der Waals surface area contributed by atoms with E-state index in [0.29, 0.717) is 30.9 Å². The van der Waals surface area contributed by atoms with Gasteiger partial charge in [0.05, 0.1) is 0 Å². The quantitative estimate of drug-likeness (QED) is 0.646. The lowest BCUT2D eigenvalue weighted by Crippen LogP contribution is -2.31. The second kappa shape index (κ2) is 9.26. The number of benzene rings is 1. The molecule has 0 fully saturated rings. The summed E-state index contributed by atoms with van der Waals surface area (Å²) in [5, 5.41) is 8.08. The Bertz CT molecular complexity index is 729. The molecule has 7 nitrogen and oxygen atoms in total. The van der Waals surface area contributed by atoms with Gasteiger partial charge in [0.25, 0.3) is 11.8 Å². The predicted octanol–water partition coefficient (Wildman–Crippen LogP) is 0.823. The summed E-state index contributed by atoms with van der Waals surface area (Å²) >= 11 is 1.36. The highest BCUT2D eigenvalue weighted by Gasteiger charge is 2.11. The summed E-state index contributed by atoms with van der Waals surface area (Å²) in [7, 11) is 3.91. The van der Waals surface area contributed by atoms with Gasteiger partial charge in [0, 0.05) is 37.1 Å². The minimum Gasteiger partial charge on any atom is -0.351 e. The average molecular weight is 361 g/mol. The highest BCUT2D eigenvalue weighted by atomic mass is 32.1. The first-order valence-electron chi connectivity index (χ1n) is 7.94. The van der Waals surface area contributed by atoms with Gasteiger partial charge < -0.3 is 21.3 Å². The van der Waals surface area contributed by atoms with Crippen LogP contribution in [0.1, 0.15) is 31.4 Å². The van der Waals surface area contributed by atoms with Crippen molar-refractivity contribution < 1.29 is 9.59 Å². The lowest BCUT2D eigenvalue weighted by molar-refractivity contribution is 0.0942. The van der Waals surface area contributed by atoms with Crippen LogP contribution in [0.15, 0.2) is 29.6 Å². The van der Waals surface area contributed by atoms with Gasteiger partial charge in [-0.2, -0.15) is 0 Å². The molecule has 0 unspecified atom stereocenters. The number of rotatable bonds is 8. The highest BCUT2D eigenvalue weighted by Crippen LogP contribution is 2.09. The molecule has 2 rings (SSSR count). The van der Waals surface area contributed by atoms with Crippen LogP contribution in [0.4, 0.5) is 0 Å². The Balaban J connectivity index is 1.90. The topological polar surface area (TPSA) is 100 Å². The Hall–Kier alpha value is -2.29. The van der Waals surface area contributed by atoms with Crippen LogP contribution in [0.25, 0.3) is 0 Å². The molecule has 0 bridgehead atoms. The molecular formula is C17H23N5O2S. The van der Waals surface area contributed by atoms with Crippen molar-refractivity contribution in [1.82, 2.24) is 20.5 Å². The SMILES string of the molecule is CN(C)CCNC(=O)c1cccc(CNC(=O)c2csc(CN)n2)c1. The van der Waals surface area contributed by atoms with Gasteiger partial charge in [0.15, 0.2) is 0 Å². The maximum absolute atomic E-state index is 12.1. The van der Waals surface area contributed by atoms with Crippen LogP contribution in [0.5, 0.6) is 0 Å². The van der Waals surface area contributed by atoms with Crippen LogP contribution in [-0.2, 0) is 13.1 Å². The third-order valence-electron chi connectivity index (χ3n) is 3.45. The monoisotopic (exact) mass is 361 g/mol. The highest BCUT2D eigenvalue weighted by molar-refractivity contribution is 7.09. The van der Waals surface area contributed by atoms with Crippen molar-refractivity contribution in [2.75, 3.05) is 27.2 Å². The van der Waals surface area contributed by atoms with Crippen LogP contribution in [0.3, 0.4) is 0 Å². The number of likely N-dealkylation sites (N-methyl/N-ethyl adjacent to an activating group) is 1. The van der Waals surface area contributed by atoms with E-state index >= 15 is 0 Å². The summed E-state index contributed by atoms with van der Waals surface area (Å²) in [4.78, 5) is 30.4. The van der Waals surface area contributed by atoms with E-state index in [1.807, 2.05) is 25.1 Å². The number of aromatic nitrogens is 1. The van der Waals surface area contributed by atoms with E-state index in [1.165, 1.54) is 11.3 Å². The lowest BCUT2D eigenvalue weighted by Gasteiger charge is -2.11. The maximum atomic E-state index is 12.1. The Kier molecular flexibility index (Phi) is 7.05. The van der Waals surface area contributed by atoms with E-state index < -0.39 is 0 Å². The number of thiazole rings is 1. The first-order valence-corrected chi connectivity index (χ1v) is 8.82. The van der Waals surface area contributed by atoms with E-state index in [1.54, 1.807) is 23.6 Å². The zero-order chi connectivity index (χ0) is 18.2. The second-order valence-electron chi connectivity index (χ2n) is 5.77. The molecule has 4 N–H and O–H groups in total. The Morgan fingerprint density at radius 1 is 1.24 bits per heavy atom. The smallest absolute Gasteiger partial charge is 0.271 e. The predicted molar refractivity (Wildman–Crippen MR) is 98.5 cm³/mol. The second-order valence-corrected chi connectivity index (χ2v) is 6.72. The molecule has 0 aliphatic carbocycles. The number of nitrogens with zero attached hydrogens (tertiary/aromatic N) is 2. The molecule has 2 amide bonds. The molecule has 1 aromatic carbocycles. The number of amides is 2. The van der Waals surface area contributed by atoms with Gasteiger partial charge >= 0.3 is 0 Å². The van der Waals surface area contributed by atoms with E-state index in [2.05, 4.69) is 15.6 Å². The van der Waals surface area contributed by atoms with Gasteiger partial charge in [0.2, 0.25) is 0 Å². The Morgan fingerprint density at radius 2 is 2.04 bits per heavy atom. The van der Waals surface area contributed by atoms with Crippen LogP contribution < -0.4 is 16.4 Å². The third kappa shape index (κ3) is 5.93. The number of hydrogen-bond donors (Lipinski definition) is 3. The molecule has 8 heteroatoms. The fraction of sp³-hybridized carbons (Fsp3) is 0.353. The molecule has 0 atom stereocenters. The van der Waals surface area contributed by atoms with Crippen molar-refractivity contribution in [3.05, 3.63) is 51.5 Å². The van der Waals surface area contributed by atoms with Crippen molar-refractivity contribution >= 4 is 23.2 Å². The first kappa shape index (κ1) is 19.0. The molecule has 0 aliphatic heterocycles. The fourth-order valence-corrected chi connectivity index (χ4v) is 2.75. The van der Waals surface area contributed by atoms with Gasteiger partial charge in [-0.3, -0.25) is 9.59 Å². The fourth-order valence-electron chi connectivity index (χ4n) is 2.10. The summed E-state index contributed by atoms with van der Waals surface area (Å²) in [6, 6.07) is 7.20. The molecular weight excluding hydrogens is 338 g/mol. The Labute approximate surface area is 151 Å². The average Bonchev–Trinajstić information content (AvgIpc) is 3.09. The minimum atomic E-state index is -0.253. The molecule has 134 valence electrons. The standard InChI is InChI=1S/C17H23N5O2S/c1-22(2)7-6-19-16(23)13-5-3-4-12(8-13)10-20-17(24)14-11-25-15(9-18)21-14/h3-5,8,11H,6-7,9-10,18H2,1-2H3,(H,19,23)(H,20,24). The largest absolute Gasteiger partial charge is 0.351 e. The van der Waals surface area contributed by atoms with Crippen LogP contribution in [-0.4, -0.2) is 48.9 Å². The van der Waals surface area contributed by atoms with E-state index in [-0.39, 0.29) is 11.8 Å². The molecule has 0 aliphatic rings. The molecule has 25 heavy (non-hydrogen) atoms. The molecule has 1 aromatic heterocycles. The first-order chi connectivity index (χ1) is 12.0. The molecule has 2 aromatic rings. The van der Waals surface area contributed by atoms with Gasteiger partial charge in [-0.05, 0) is 31.8 Å². The maximum Gasteiger partial charge on any atom is 0.271 e. The van der Waals surface area contributed by atoms with Crippen LogP contribution >= 0.6 is 11.3 Å². The van der Waals surface area contributed by atoms with Crippen molar-refractivity contribution in [2.24, 2.45) is 5.73 Å². The van der Waals surface area contributed by atoms with Crippen molar-refractivity contribution in [1.29, 1.82) is 0 Å². The van der Waals surface area contributed by atoms with Gasteiger partial charge in [-0.25, -0.2) is 4.98 Å². The molecule has 0 saturated heterocycles. The number of carbonyl (C=O) groups is 2. The van der Waals surface area contributed by atoms with Crippen molar-refractivity contribution in [2.45, 2.75) is 13.1 Å². The van der Waals surface area contributed by atoms with Crippen LogP contribution in [0, 0.1) is 0 Å². The molecule has 1 heterocycles. The molecule has 0 radical (unpaired) electrons. The zero-order valence-corrected chi connectivity index (χ0v) is 15.2. The number of carbonyl (C=O) groups excluding carboxylic acids is 2. The van der Waals surface area contributed by atoms with Gasteiger partial charge in [-0.15, -0.1) is 11.3 Å². The number of hydrogen-bond acceptors (Lipinski definition) is 6. The summed E-state index contributed by atoms with van der Waals surface area (Å²) in [6.07, 6.45) is 0. The number of nitrogens with two attached hydrogens (primary N) is 1. The molecule has 0 spiro atoms. The normalized spacial score (nSPS) is 10.7.